The van der Waals surface area contributed by atoms with Gasteiger partial charge in [0.05, 0.1) is 0 Å². The first-order valence-electron chi connectivity index (χ1n) is 5.79. The molecule has 2 N–H and O–H groups in total. The van der Waals surface area contributed by atoms with Gasteiger partial charge in [0.2, 0.25) is 0 Å². The molecule has 0 unspecified atom stereocenters. The summed E-state index contributed by atoms with van der Waals surface area (Å²) in [6, 6.07) is 2.22. The molecule has 1 aromatic heterocycles. The van der Waals surface area contributed by atoms with Crippen LogP contribution in [0.1, 0.15) is 11.1 Å². The van der Waals surface area contributed by atoms with E-state index in [1.807, 2.05) is 18.0 Å². The SMILES string of the molecule is Cc1cc(CCN)cnc1N1CCSCC1. The van der Waals surface area contributed by atoms with Crippen LogP contribution in [0, 0.1) is 6.92 Å². The second-order valence-corrected chi connectivity index (χ2v) is 5.35. The van der Waals surface area contributed by atoms with E-state index >= 15 is 0 Å². The average Bonchev–Trinajstić information content (AvgIpc) is 2.31. The number of anilines is 1. The summed E-state index contributed by atoms with van der Waals surface area (Å²) in [5.74, 6) is 3.58. The topological polar surface area (TPSA) is 42.1 Å². The van der Waals surface area contributed by atoms with Crippen molar-refractivity contribution in [1.82, 2.24) is 4.98 Å². The Morgan fingerprint density at radius 1 is 1.44 bits per heavy atom. The van der Waals surface area contributed by atoms with Crippen molar-refractivity contribution in [3.05, 3.63) is 23.4 Å². The van der Waals surface area contributed by atoms with Crippen LogP contribution in [0.5, 0.6) is 0 Å². The van der Waals surface area contributed by atoms with Crippen molar-refractivity contribution >= 4 is 17.6 Å². The predicted octanol–water partition coefficient (Wildman–Crippen LogP) is 1.44. The minimum absolute atomic E-state index is 0.695. The molecule has 0 radical (unpaired) electrons. The number of hydrogen-bond acceptors (Lipinski definition) is 4. The number of aryl methyl sites for hydroxylation is 1. The maximum atomic E-state index is 5.55. The molecule has 1 aliphatic heterocycles. The van der Waals surface area contributed by atoms with Gasteiger partial charge in [0.15, 0.2) is 0 Å². The Morgan fingerprint density at radius 2 is 2.19 bits per heavy atom. The molecule has 0 amide bonds. The zero-order chi connectivity index (χ0) is 11.4. The molecular weight excluding hydrogens is 218 g/mol. The Bertz CT molecular complexity index is 348. The van der Waals surface area contributed by atoms with Crippen molar-refractivity contribution in [3.63, 3.8) is 0 Å². The van der Waals surface area contributed by atoms with Crippen molar-refractivity contribution in [2.45, 2.75) is 13.3 Å². The van der Waals surface area contributed by atoms with Crippen LogP contribution >= 0.6 is 11.8 Å². The number of nitrogens with two attached hydrogens (primary N) is 1. The monoisotopic (exact) mass is 237 g/mol. The Kier molecular flexibility index (Phi) is 4.07. The van der Waals surface area contributed by atoms with E-state index < -0.39 is 0 Å². The van der Waals surface area contributed by atoms with Crippen molar-refractivity contribution in [3.8, 4) is 0 Å². The first-order valence-corrected chi connectivity index (χ1v) is 6.95. The van der Waals surface area contributed by atoms with Crippen LogP contribution in [0.2, 0.25) is 0 Å². The Morgan fingerprint density at radius 3 is 2.81 bits per heavy atom. The van der Waals surface area contributed by atoms with Crippen molar-refractivity contribution in [2.75, 3.05) is 36.0 Å². The number of aromatic nitrogens is 1. The van der Waals surface area contributed by atoms with Gasteiger partial charge in [0, 0.05) is 30.8 Å². The summed E-state index contributed by atoms with van der Waals surface area (Å²) in [5, 5.41) is 0. The fraction of sp³-hybridized carbons (Fsp3) is 0.583. The smallest absolute Gasteiger partial charge is 0.131 e. The zero-order valence-electron chi connectivity index (χ0n) is 9.78. The van der Waals surface area contributed by atoms with Gasteiger partial charge >= 0.3 is 0 Å². The van der Waals surface area contributed by atoms with E-state index in [4.69, 9.17) is 5.73 Å². The fourth-order valence-corrected chi connectivity index (χ4v) is 2.94. The van der Waals surface area contributed by atoms with E-state index in [0.717, 1.165) is 25.3 Å². The van der Waals surface area contributed by atoms with Crippen molar-refractivity contribution in [2.24, 2.45) is 5.73 Å². The fourth-order valence-electron chi connectivity index (χ4n) is 2.04. The quantitative estimate of drug-likeness (QED) is 0.864. The molecule has 0 saturated carbocycles. The molecule has 0 bridgehead atoms. The van der Waals surface area contributed by atoms with E-state index in [-0.39, 0.29) is 0 Å². The number of rotatable bonds is 3. The lowest BCUT2D eigenvalue weighted by atomic mass is 10.1. The van der Waals surface area contributed by atoms with E-state index in [9.17, 15) is 0 Å². The second-order valence-electron chi connectivity index (χ2n) is 4.12. The van der Waals surface area contributed by atoms with Crippen LogP contribution in [0.4, 0.5) is 5.82 Å². The van der Waals surface area contributed by atoms with E-state index in [1.54, 1.807) is 0 Å². The molecule has 1 saturated heterocycles. The van der Waals surface area contributed by atoms with Crippen LogP contribution < -0.4 is 10.6 Å². The zero-order valence-corrected chi connectivity index (χ0v) is 10.6. The first-order chi connectivity index (χ1) is 7.81. The van der Waals surface area contributed by atoms with Gasteiger partial charge in [0.25, 0.3) is 0 Å². The van der Waals surface area contributed by atoms with Gasteiger partial charge in [-0.15, -0.1) is 0 Å². The van der Waals surface area contributed by atoms with E-state index in [2.05, 4.69) is 22.9 Å². The summed E-state index contributed by atoms with van der Waals surface area (Å²) in [5.41, 5.74) is 8.07. The lowest BCUT2D eigenvalue weighted by Crippen LogP contribution is -2.33. The molecule has 0 aromatic carbocycles. The Labute approximate surface area is 101 Å². The summed E-state index contributed by atoms with van der Waals surface area (Å²) in [4.78, 5) is 6.97. The van der Waals surface area contributed by atoms with Crippen molar-refractivity contribution in [1.29, 1.82) is 0 Å². The minimum atomic E-state index is 0.695. The van der Waals surface area contributed by atoms with Gasteiger partial charge in [-0.1, -0.05) is 6.07 Å². The Hall–Kier alpha value is -0.740. The summed E-state index contributed by atoms with van der Waals surface area (Å²) in [7, 11) is 0. The molecule has 0 aliphatic carbocycles. The molecule has 1 fully saturated rings. The summed E-state index contributed by atoms with van der Waals surface area (Å²) in [6.07, 6.45) is 2.89. The Balaban J connectivity index is 2.14. The average molecular weight is 237 g/mol. The highest BCUT2D eigenvalue weighted by Crippen LogP contribution is 2.21. The van der Waals surface area contributed by atoms with Gasteiger partial charge in [-0.2, -0.15) is 11.8 Å². The first kappa shape index (κ1) is 11.7. The van der Waals surface area contributed by atoms with Gasteiger partial charge < -0.3 is 10.6 Å². The van der Waals surface area contributed by atoms with Gasteiger partial charge in [-0.05, 0) is 31.0 Å². The molecule has 0 spiro atoms. The van der Waals surface area contributed by atoms with Crippen LogP contribution in [0.25, 0.3) is 0 Å². The third-order valence-corrected chi connectivity index (χ3v) is 3.79. The number of pyridine rings is 1. The second kappa shape index (κ2) is 5.55. The summed E-state index contributed by atoms with van der Waals surface area (Å²) < 4.78 is 0. The molecular formula is C12H19N3S. The number of thioether (sulfide) groups is 1. The normalized spacial score (nSPS) is 16.5. The highest BCUT2D eigenvalue weighted by atomic mass is 32.2. The largest absolute Gasteiger partial charge is 0.355 e. The lowest BCUT2D eigenvalue weighted by molar-refractivity contribution is 0.830. The molecule has 88 valence electrons. The van der Waals surface area contributed by atoms with Crippen LogP contribution in [0.15, 0.2) is 12.3 Å². The van der Waals surface area contributed by atoms with E-state index in [0.29, 0.717) is 6.54 Å². The molecule has 4 heteroatoms. The van der Waals surface area contributed by atoms with Gasteiger partial charge in [-0.25, -0.2) is 4.98 Å². The van der Waals surface area contributed by atoms with Gasteiger partial charge in [-0.3, -0.25) is 0 Å². The molecule has 2 heterocycles. The lowest BCUT2D eigenvalue weighted by Gasteiger charge is -2.28. The summed E-state index contributed by atoms with van der Waals surface area (Å²) in [6.45, 7) is 5.08. The maximum Gasteiger partial charge on any atom is 0.131 e. The standard InChI is InChI=1S/C12H19N3S/c1-10-8-11(2-3-13)9-14-12(10)15-4-6-16-7-5-15/h8-9H,2-7,13H2,1H3. The molecule has 1 aromatic rings. The van der Waals surface area contributed by atoms with Crippen molar-refractivity contribution < 1.29 is 0 Å². The summed E-state index contributed by atoms with van der Waals surface area (Å²) >= 11 is 2.02. The van der Waals surface area contributed by atoms with E-state index in [1.165, 1.54) is 22.6 Å². The third-order valence-electron chi connectivity index (χ3n) is 2.85. The van der Waals surface area contributed by atoms with Crippen LogP contribution in [-0.4, -0.2) is 36.1 Å². The maximum absolute atomic E-state index is 5.55. The third kappa shape index (κ3) is 2.68. The molecule has 3 nitrogen and oxygen atoms in total. The molecule has 1 aliphatic rings. The molecule has 2 rings (SSSR count). The predicted molar refractivity (Wildman–Crippen MR) is 71.3 cm³/mol. The highest BCUT2D eigenvalue weighted by Gasteiger charge is 2.14. The van der Waals surface area contributed by atoms with Crippen LogP contribution in [0.3, 0.4) is 0 Å². The number of hydrogen-bond donors (Lipinski definition) is 1. The van der Waals surface area contributed by atoms with Gasteiger partial charge in [0.1, 0.15) is 5.82 Å². The van der Waals surface area contributed by atoms with Crippen LogP contribution in [-0.2, 0) is 6.42 Å². The number of nitrogens with zero attached hydrogens (tertiary/aromatic N) is 2. The minimum Gasteiger partial charge on any atom is -0.355 e. The highest BCUT2D eigenvalue weighted by molar-refractivity contribution is 7.99. The molecule has 0 atom stereocenters. The molecule has 16 heavy (non-hydrogen) atoms.